The van der Waals surface area contributed by atoms with Crippen LogP contribution in [0.3, 0.4) is 0 Å². The first-order valence-corrected chi connectivity index (χ1v) is 8.42. The van der Waals surface area contributed by atoms with E-state index in [1.54, 1.807) is 41.5 Å². The maximum Gasteiger partial charge on any atom is 0.205 e. The lowest BCUT2D eigenvalue weighted by atomic mass is 10.0. The Hall–Kier alpha value is -3.69. The Kier molecular flexibility index (Phi) is 4.29. The number of aromatic nitrogens is 4. The number of carbonyl (C=O) groups excluding carboxylic acids is 1. The third-order valence-corrected chi connectivity index (χ3v) is 4.38. The molecule has 130 valence electrons. The number of nitrogens with one attached hydrogen (secondary N) is 1. The number of halogens is 1. The zero-order chi connectivity index (χ0) is 18.8. The van der Waals surface area contributed by atoms with Gasteiger partial charge in [-0.1, -0.05) is 29.8 Å². The zero-order valence-electron chi connectivity index (χ0n) is 13.9. The fraction of sp³-hybridized carbons (Fsp3) is 0. The number of allylic oxidation sites excluding steroid dienone is 1. The first-order valence-electron chi connectivity index (χ1n) is 8.04. The average molecular weight is 374 g/mol. The van der Waals surface area contributed by atoms with Crippen molar-refractivity contribution in [1.29, 1.82) is 5.26 Å². The molecule has 2 heterocycles. The number of nitriles is 1. The fourth-order valence-corrected chi connectivity index (χ4v) is 2.98. The molecule has 2 aromatic heterocycles. The highest BCUT2D eigenvalue weighted by molar-refractivity contribution is 6.31. The molecule has 0 aliphatic heterocycles. The molecule has 0 spiro atoms. The zero-order valence-corrected chi connectivity index (χ0v) is 14.7. The van der Waals surface area contributed by atoms with Crippen LogP contribution in [0.15, 0.2) is 66.9 Å². The normalized spacial score (nSPS) is 11.5. The smallest absolute Gasteiger partial charge is 0.205 e. The molecule has 0 unspecified atom stereocenters. The van der Waals surface area contributed by atoms with Crippen molar-refractivity contribution in [3.8, 4) is 11.8 Å². The minimum atomic E-state index is -0.341. The number of hydrogen-bond donors (Lipinski definition) is 1. The first kappa shape index (κ1) is 16.8. The molecule has 4 aromatic rings. The van der Waals surface area contributed by atoms with Crippen LogP contribution in [0.1, 0.15) is 15.9 Å². The Bertz CT molecular complexity index is 1200. The van der Waals surface area contributed by atoms with Crippen LogP contribution in [0.4, 0.5) is 0 Å². The lowest BCUT2D eigenvalue weighted by molar-refractivity contribution is 0.104. The van der Waals surface area contributed by atoms with Crippen LogP contribution in [0.2, 0.25) is 5.02 Å². The van der Waals surface area contributed by atoms with Crippen molar-refractivity contribution in [2.24, 2.45) is 0 Å². The number of ketones is 1. The molecule has 4 rings (SSSR count). The maximum absolute atomic E-state index is 12.8. The van der Waals surface area contributed by atoms with Gasteiger partial charge in [0.25, 0.3) is 0 Å². The van der Waals surface area contributed by atoms with E-state index in [2.05, 4.69) is 15.1 Å². The number of nitrogens with zero attached hydrogens (tertiary/aromatic N) is 4. The molecule has 0 aliphatic rings. The van der Waals surface area contributed by atoms with Crippen molar-refractivity contribution >= 4 is 34.4 Å². The van der Waals surface area contributed by atoms with Gasteiger partial charge in [0.05, 0.1) is 5.69 Å². The number of Topliss-reactive ketones (excluding diaryl/α,β-unsaturated/α-hetero) is 1. The van der Waals surface area contributed by atoms with E-state index < -0.39 is 0 Å². The van der Waals surface area contributed by atoms with Gasteiger partial charge in [0.2, 0.25) is 5.78 Å². The molecule has 0 radical (unpaired) electrons. The largest absolute Gasteiger partial charge is 0.360 e. The number of rotatable bonds is 4. The van der Waals surface area contributed by atoms with Crippen molar-refractivity contribution in [2.45, 2.75) is 0 Å². The molecule has 0 saturated carbocycles. The molecule has 0 aliphatic carbocycles. The van der Waals surface area contributed by atoms with Crippen LogP contribution in [0.25, 0.3) is 22.7 Å². The third kappa shape index (κ3) is 3.24. The summed E-state index contributed by atoms with van der Waals surface area (Å²) in [5.41, 5.74) is 2.82. The van der Waals surface area contributed by atoms with Crippen molar-refractivity contribution < 1.29 is 4.79 Å². The predicted octanol–water partition coefficient (Wildman–Crippen LogP) is 4.19. The summed E-state index contributed by atoms with van der Waals surface area (Å²) in [6.45, 7) is 0. The number of hydrogen-bond acceptors (Lipinski definition) is 4. The molecule has 27 heavy (non-hydrogen) atoms. The second-order valence-corrected chi connectivity index (χ2v) is 6.26. The van der Waals surface area contributed by atoms with Gasteiger partial charge in [0.15, 0.2) is 0 Å². The summed E-state index contributed by atoms with van der Waals surface area (Å²) >= 11 is 5.98. The number of fused-ring (bicyclic) bond motifs is 1. The molecule has 6 nitrogen and oxygen atoms in total. The van der Waals surface area contributed by atoms with Crippen LogP contribution in [0, 0.1) is 11.3 Å². The number of carbonyl (C=O) groups is 1. The highest BCUT2D eigenvalue weighted by Crippen LogP contribution is 2.24. The van der Waals surface area contributed by atoms with Crippen LogP contribution >= 0.6 is 11.6 Å². The van der Waals surface area contributed by atoms with E-state index in [9.17, 15) is 10.1 Å². The van der Waals surface area contributed by atoms with Gasteiger partial charge in [-0.25, -0.2) is 9.67 Å². The summed E-state index contributed by atoms with van der Waals surface area (Å²) in [6, 6.07) is 14.5. The molecule has 0 fully saturated rings. The van der Waals surface area contributed by atoms with Crippen LogP contribution < -0.4 is 0 Å². The van der Waals surface area contributed by atoms with Crippen molar-refractivity contribution in [1.82, 2.24) is 19.7 Å². The molecular formula is C20H12ClN5O. The minimum Gasteiger partial charge on any atom is -0.360 e. The lowest BCUT2D eigenvalue weighted by Gasteiger charge is -2.02. The minimum absolute atomic E-state index is 0.0550. The first-order chi connectivity index (χ1) is 13.2. The molecule has 0 saturated heterocycles. The van der Waals surface area contributed by atoms with E-state index in [4.69, 9.17) is 11.6 Å². The summed E-state index contributed by atoms with van der Waals surface area (Å²) in [6.07, 6.45) is 6.22. The van der Waals surface area contributed by atoms with E-state index in [0.29, 0.717) is 10.6 Å². The van der Waals surface area contributed by atoms with E-state index in [1.165, 1.54) is 6.33 Å². The van der Waals surface area contributed by atoms with E-state index >= 15 is 0 Å². The van der Waals surface area contributed by atoms with Crippen LogP contribution in [0.5, 0.6) is 0 Å². The standard InChI is InChI=1S/C20H12ClN5O/c21-15-3-6-17-18(10-24-19(17)8-15)20(27)14(9-22)7-13-1-4-16(5-2-13)26-12-23-11-25-26/h1-8,10-12,24H/b14-7-. The summed E-state index contributed by atoms with van der Waals surface area (Å²) < 4.78 is 1.63. The topological polar surface area (TPSA) is 87.4 Å². The average Bonchev–Trinajstić information content (AvgIpc) is 3.35. The van der Waals surface area contributed by atoms with Gasteiger partial charge in [-0.2, -0.15) is 10.4 Å². The molecule has 0 amide bonds. The molecule has 1 N–H and O–H groups in total. The third-order valence-electron chi connectivity index (χ3n) is 4.14. The van der Waals surface area contributed by atoms with Crippen LogP contribution in [-0.4, -0.2) is 25.5 Å². The summed E-state index contributed by atoms with van der Waals surface area (Å²) in [7, 11) is 0. The summed E-state index contributed by atoms with van der Waals surface area (Å²) in [4.78, 5) is 19.8. The molecule has 0 bridgehead atoms. The van der Waals surface area contributed by atoms with Crippen LogP contribution in [-0.2, 0) is 0 Å². The SMILES string of the molecule is N#C/C(=C/c1ccc(-n2cncn2)cc1)C(=O)c1c[nH]c2cc(Cl)ccc12. The number of aromatic amines is 1. The lowest BCUT2D eigenvalue weighted by Crippen LogP contribution is -2.01. The van der Waals surface area contributed by atoms with Gasteiger partial charge in [-0.3, -0.25) is 4.79 Å². The van der Waals surface area contributed by atoms with Gasteiger partial charge in [0, 0.05) is 27.7 Å². The quantitative estimate of drug-likeness (QED) is 0.330. The molecule has 2 aromatic carbocycles. The Labute approximate surface area is 159 Å². The number of benzene rings is 2. The van der Waals surface area contributed by atoms with Gasteiger partial charge in [-0.05, 0) is 35.9 Å². The fourth-order valence-electron chi connectivity index (χ4n) is 2.81. The molecular weight excluding hydrogens is 362 g/mol. The van der Waals surface area contributed by atoms with Gasteiger partial charge in [0.1, 0.15) is 24.3 Å². The highest BCUT2D eigenvalue weighted by Gasteiger charge is 2.16. The van der Waals surface area contributed by atoms with Gasteiger partial charge >= 0.3 is 0 Å². The summed E-state index contributed by atoms with van der Waals surface area (Å²) in [5.74, 6) is -0.341. The Balaban J connectivity index is 1.66. The Morgan fingerprint density at radius 3 is 2.74 bits per heavy atom. The van der Waals surface area contributed by atoms with Crippen molar-refractivity contribution in [2.75, 3.05) is 0 Å². The highest BCUT2D eigenvalue weighted by atomic mass is 35.5. The van der Waals surface area contributed by atoms with E-state index in [1.807, 2.05) is 30.3 Å². The monoisotopic (exact) mass is 373 g/mol. The Morgan fingerprint density at radius 2 is 2.04 bits per heavy atom. The second-order valence-electron chi connectivity index (χ2n) is 5.82. The van der Waals surface area contributed by atoms with Gasteiger partial charge < -0.3 is 4.98 Å². The maximum atomic E-state index is 12.8. The number of H-pyrrole nitrogens is 1. The van der Waals surface area contributed by atoms with E-state index in [-0.39, 0.29) is 11.4 Å². The van der Waals surface area contributed by atoms with Crippen molar-refractivity contribution in [3.05, 3.63) is 83.0 Å². The molecule has 7 heteroatoms. The van der Waals surface area contributed by atoms with E-state index in [0.717, 1.165) is 22.2 Å². The molecule has 0 atom stereocenters. The van der Waals surface area contributed by atoms with Crippen molar-refractivity contribution in [3.63, 3.8) is 0 Å². The Morgan fingerprint density at radius 1 is 1.22 bits per heavy atom. The van der Waals surface area contributed by atoms with Gasteiger partial charge in [-0.15, -0.1) is 0 Å². The second kappa shape index (κ2) is 6.90. The predicted molar refractivity (Wildman–Crippen MR) is 103 cm³/mol. The summed E-state index contributed by atoms with van der Waals surface area (Å²) in [5, 5.41) is 14.9.